The molecule has 2 amide bonds. The molecule has 1 saturated carbocycles. The molecular weight excluding hydrogens is 872 g/mol. The second-order valence-electron chi connectivity index (χ2n) is 18.5. The fourth-order valence-corrected chi connectivity index (χ4v) is 10.00. The summed E-state index contributed by atoms with van der Waals surface area (Å²) < 4.78 is 29.5. The first kappa shape index (κ1) is 46.7. The summed E-state index contributed by atoms with van der Waals surface area (Å²) in [5.74, 6) is 2.91. The quantitative estimate of drug-likeness (QED) is 0.0996. The van der Waals surface area contributed by atoms with E-state index in [1.807, 2.05) is 40.4 Å². The number of rotatable bonds is 18. The summed E-state index contributed by atoms with van der Waals surface area (Å²) in [7, 11) is 6.84. The summed E-state index contributed by atoms with van der Waals surface area (Å²) in [6.07, 6.45) is 11.2. The van der Waals surface area contributed by atoms with Gasteiger partial charge in [0.05, 0.1) is 45.2 Å². The number of carbonyl (C=O) groups is 2. The standard InChI is InChI=1S/C47H65FN16O4/c1-7-36-45(66)59(4)37-25-50-46(55-41(37)64(36)32-12-8-9-13-32)53-34-15-14-31(24-38(34)67-5)43(65)49-16-10-17-60-20-22-61(23-21-60)18-11-19-63-28-35(44(57-63)68-6)52-40-39-42(58(3)29-51-39)56-47(54-40)62-26-30(2)33(48)27-62/h14-15,24-25,28-30,32-33,36H,7-13,16-23,26-27H2,1-6H3,(H,49,65)(H,50,53,55)(H,52,54,56)/t30?,33-,36-/m1/s1. The number of alkyl halides is 1. The molecule has 3 atom stereocenters. The topological polar surface area (TPSA) is 192 Å². The van der Waals surface area contributed by atoms with E-state index in [1.165, 1.54) is 0 Å². The number of methoxy groups -OCH3 is 2. The maximum Gasteiger partial charge on any atom is 0.256 e. The van der Waals surface area contributed by atoms with Crippen molar-refractivity contribution in [3.8, 4) is 11.6 Å². The number of anilines is 7. The zero-order valence-corrected chi connectivity index (χ0v) is 40.1. The van der Waals surface area contributed by atoms with Gasteiger partial charge in [0.15, 0.2) is 22.8 Å². The minimum absolute atomic E-state index is 0.0728. The van der Waals surface area contributed by atoms with Crippen molar-refractivity contribution in [2.75, 3.05) is 106 Å². The van der Waals surface area contributed by atoms with Gasteiger partial charge in [-0.3, -0.25) is 14.3 Å². The number of aromatic nitrogens is 8. The van der Waals surface area contributed by atoms with Gasteiger partial charge < -0.3 is 54.5 Å². The van der Waals surface area contributed by atoms with E-state index >= 15 is 0 Å². The van der Waals surface area contributed by atoms with Gasteiger partial charge in [-0.2, -0.15) is 15.0 Å². The molecule has 68 heavy (non-hydrogen) atoms. The van der Waals surface area contributed by atoms with Crippen LogP contribution in [0.5, 0.6) is 11.6 Å². The third-order valence-corrected chi connectivity index (χ3v) is 13.9. The van der Waals surface area contributed by atoms with Crippen LogP contribution in [-0.2, 0) is 18.4 Å². The largest absolute Gasteiger partial charge is 0.495 e. The first-order valence-corrected chi connectivity index (χ1v) is 24.1. The second-order valence-corrected chi connectivity index (χ2v) is 18.5. The SMILES string of the molecule is CC[C@@H]1C(=O)N(C)c2cnc(Nc3ccc(C(=O)NCCCN4CCN(CCCn5cc(Nc6nc(N7CC(C)[C@H](F)C7)nc7c6ncn7C)c(OC)n5)CC4)cc3OC)nc2N1C1CCCC1. The van der Waals surface area contributed by atoms with Gasteiger partial charge >= 0.3 is 0 Å². The number of nitrogens with zero attached hydrogens (tertiary/aromatic N) is 13. The fourth-order valence-electron chi connectivity index (χ4n) is 10.00. The van der Waals surface area contributed by atoms with Crippen molar-refractivity contribution in [3.63, 3.8) is 0 Å². The van der Waals surface area contributed by atoms with E-state index in [2.05, 4.69) is 52.6 Å². The Balaban J connectivity index is 0.715. The molecule has 4 aliphatic rings. The molecule has 7 heterocycles. The van der Waals surface area contributed by atoms with Crippen LogP contribution in [-0.4, -0.2) is 159 Å². The van der Waals surface area contributed by atoms with Crippen molar-refractivity contribution in [2.24, 2.45) is 13.0 Å². The lowest BCUT2D eigenvalue weighted by molar-refractivity contribution is -0.120. The lowest BCUT2D eigenvalue weighted by atomic mass is 10.0. The number of halogens is 1. The monoisotopic (exact) mass is 937 g/mol. The Morgan fingerprint density at radius 1 is 0.912 bits per heavy atom. The van der Waals surface area contributed by atoms with Gasteiger partial charge in [0.25, 0.3) is 11.8 Å². The van der Waals surface area contributed by atoms with Crippen LogP contribution in [0.25, 0.3) is 11.2 Å². The van der Waals surface area contributed by atoms with Crippen LogP contribution in [0.2, 0.25) is 0 Å². The first-order chi connectivity index (χ1) is 33.0. The summed E-state index contributed by atoms with van der Waals surface area (Å²) in [5.41, 5.74) is 3.78. The Morgan fingerprint density at radius 2 is 1.68 bits per heavy atom. The Kier molecular flexibility index (Phi) is 14.1. The molecule has 3 aliphatic heterocycles. The molecule has 2 saturated heterocycles. The Labute approximate surface area is 396 Å². The number of ether oxygens (including phenoxy) is 2. The molecule has 1 aliphatic carbocycles. The van der Waals surface area contributed by atoms with Gasteiger partial charge in [0.2, 0.25) is 17.8 Å². The molecule has 9 rings (SSSR count). The zero-order chi connectivity index (χ0) is 47.5. The van der Waals surface area contributed by atoms with E-state index in [0.29, 0.717) is 89.2 Å². The van der Waals surface area contributed by atoms with E-state index in [1.54, 1.807) is 50.8 Å². The smallest absolute Gasteiger partial charge is 0.256 e. The van der Waals surface area contributed by atoms with Crippen LogP contribution >= 0.6 is 0 Å². The predicted molar refractivity (Wildman–Crippen MR) is 260 cm³/mol. The third kappa shape index (κ3) is 9.81. The molecule has 364 valence electrons. The molecule has 1 aromatic carbocycles. The number of hydrogen-bond acceptors (Lipinski definition) is 16. The maximum atomic E-state index is 14.5. The summed E-state index contributed by atoms with van der Waals surface area (Å²) in [5, 5.41) is 14.5. The zero-order valence-electron chi connectivity index (χ0n) is 40.1. The van der Waals surface area contributed by atoms with Gasteiger partial charge in [-0.05, 0) is 63.4 Å². The average molecular weight is 937 g/mol. The van der Waals surface area contributed by atoms with E-state index in [4.69, 9.17) is 24.4 Å². The highest BCUT2D eigenvalue weighted by Gasteiger charge is 2.41. The molecule has 3 N–H and O–H groups in total. The number of hydrogen-bond donors (Lipinski definition) is 3. The van der Waals surface area contributed by atoms with Gasteiger partial charge in [-0.15, -0.1) is 5.10 Å². The molecule has 21 heteroatoms. The molecule has 0 radical (unpaired) electrons. The summed E-state index contributed by atoms with van der Waals surface area (Å²) in [6, 6.07) is 5.33. The van der Waals surface area contributed by atoms with E-state index in [0.717, 1.165) is 83.6 Å². The highest BCUT2D eigenvalue weighted by Crippen LogP contribution is 2.41. The summed E-state index contributed by atoms with van der Waals surface area (Å²) in [6.45, 7) is 11.8. The first-order valence-electron chi connectivity index (χ1n) is 24.1. The van der Waals surface area contributed by atoms with Crippen molar-refractivity contribution in [1.82, 2.24) is 54.4 Å². The highest BCUT2D eigenvalue weighted by molar-refractivity contribution is 6.04. The van der Waals surface area contributed by atoms with Crippen LogP contribution in [0, 0.1) is 5.92 Å². The van der Waals surface area contributed by atoms with E-state index < -0.39 is 6.17 Å². The van der Waals surface area contributed by atoms with Gasteiger partial charge in [-0.1, -0.05) is 26.7 Å². The van der Waals surface area contributed by atoms with E-state index in [9.17, 15) is 14.0 Å². The van der Waals surface area contributed by atoms with Crippen LogP contribution < -0.4 is 40.1 Å². The van der Waals surface area contributed by atoms with Crippen molar-refractivity contribution < 1.29 is 23.5 Å². The number of amides is 2. The van der Waals surface area contributed by atoms with Gasteiger partial charge in [-0.25, -0.2) is 14.4 Å². The molecule has 0 spiro atoms. The Hall–Kier alpha value is -6.35. The number of aryl methyl sites for hydroxylation is 2. The van der Waals surface area contributed by atoms with Crippen LogP contribution in [0.4, 0.5) is 45.0 Å². The minimum atomic E-state index is -0.926. The minimum Gasteiger partial charge on any atom is -0.495 e. The molecule has 5 aromatic rings. The number of imidazole rings is 1. The number of likely N-dealkylation sites (N-methyl/N-ethyl adjacent to an activating group) is 1. The average Bonchev–Trinajstić information content (AvgIpc) is 4.17. The van der Waals surface area contributed by atoms with Crippen LogP contribution in [0.3, 0.4) is 0 Å². The molecule has 3 fully saturated rings. The highest BCUT2D eigenvalue weighted by atomic mass is 19.1. The number of carbonyl (C=O) groups excluding carboxylic acids is 2. The summed E-state index contributed by atoms with van der Waals surface area (Å²) >= 11 is 0. The Morgan fingerprint density at radius 3 is 2.38 bits per heavy atom. The summed E-state index contributed by atoms with van der Waals surface area (Å²) in [4.78, 5) is 60.8. The molecule has 1 unspecified atom stereocenters. The molecular formula is C47H65FN16O4. The number of nitrogens with one attached hydrogen (secondary N) is 3. The van der Waals surface area contributed by atoms with E-state index in [-0.39, 0.29) is 36.4 Å². The molecule has 4 aromatic heterocycles. The lowest BCUT2D eigenvalue weighted by Gasteiger charge is -2.43. The predicted octanol–water partition coefficient (Wildman–Crippen LogP) is 4.98. The maximum absolute atomic E-state index is 14.5. The Bertz CT molecular complexity index is 2560. The number of fused-ring (bicyclic) bond motifs is 2. The lowest BCUT2D eigenvalue weighted by Crippen LogP contribution is -2.55. The van der Waals surface area contributed by atoms with Crippen LogP contribution in [0.1, 0.15) is 69.2 Å². The fraction of sp³-hybridized carbons (Fsp3) is 0.574. The van der Waals surface area contributed by atoms with Crippen LogP contribution in [0.15, 0.2) is 36.9 Å². The van der Waals surface area contributed by atoms with Crippen molar-refractivity contribution >= 4 is 63.6 Å². The van der Waals surface area contributed by atoms with Crippen molar-refractivity contribution in [3.05, 3.63) is 42.5 Å². The molecule has 0 bridgehead atoms. The number of benzene rings is 1. The van der Waals surface area contributed by atoms with Crippen molar-refractivity contribution in [2.45, 2.75) is 83.6 Å². The van der Waals surface area contributed by atoms with Gasteiger partial charge in [0, 0.05) is 77.4 Å². The third-order valence-electron chi connectivity index (χ3n) is 13.9. The molecule has 20 nitrogen and oxygen atoms in total. The van der Waals surface area contributed by atoms with Gasteiger partial charge in [0.1, 0.15) is 29.3 Å². The second kappa shape index (κ2) is 20.5. The number of piperazine rings is 1. The normalized spacial score (nSPS) is 20.4. The van der Waals surface area contributed by atoms with Crippen molar-refractivity contribution in [1.29, 1.82) is 0 Å².